The maximum atomic E-state index is 6.00. The number of hydrogen-bond donors (Lipinski definition) is 1. The van der Waals surface area contributed by atoms with Crippen molar-refractivity contribution in [3.05, 3.63) is 35.4 Å². The first-order valence-corrected chi connectivity index (χ1v) is 7.86. The topological polar surface area (TPSA) is 38.5 Å². The Morgan fingerprint density at radius 1 is 1.40 bits per heavy atom. The van der Waals surface area contributed by atoms with E-state index in [2.05, 4.69) is 29.2 Å². The molecule has 2 unspecified atom stereocenters. The van der Waals surface area contributed by atoms with E-state index in [1.165, 1.54) is 17.5 Å². The van der Waals surface area contributed by atoms with Crippen LogP contribution in [0.2, 0.25) is 0 Å². The summed E-state index contributed by atoms with van der Waals surface area (Å²) < 4.78 is 6.00. The van der Waals surface area contributed by atoms with Crippen LogP contribution in [0.3, 0.4) is 0 Å². The molecular weight excluding hydrogens is 268 g/mol. The second-order valence-electron chi connectivity index (χ2n) is 5.81. The van der Waals surface area contributed by atoms with E-state index in [9.17, 15) is 0 Å². The molecule has 0 bridgehead atoms. The molecule has 4 heteroatoms. The minimum Gasteiger partial charge on any atom is -0.393 e. The van der Waals surface area contributed by atoms with Crippen molar-refractivity contribution in [2.45, 2.75) is 25.4 Å². The van der Waals surface area contributed by atoms with Crippen LogP contribution in [0, 0.1) is 5.92 Å². The average molecular weight is 290 g/mol. The largest absolute Gasteiger partial charge is 0.393 e. The van der Waals surface area contributed by atoms with Gasteiger partial charge in [-0.3, -0.25) is 4.90 Å². The van der Waals surface area contributed by atoms with Crippen LogP contribution in [-0.2, 0) is 11.2 Å². The molecule has 2 aliphatic heterocycles. The van der Waals surface area contributed by atoms with Crippen LogP contribution in [0.25, 0.3) is 0 Å². The Bertz CT molecular complexity index is 491. The van der Waals surface area contributed by atoms with Crippen LogP contribution >= 0.6 is 12.2 Å². The quantitative estimate of drug-likeness (QED) is 0.867. The third kappa shape index (κ3) is 3.03. The lowest BCUT2D eigenvalue weighted by molar-refractivity contribution is 0.00979. The number of rotatable bonds is 3. The van der Waals surface area contributed by atoms with Gasteiger partial charge >= 0.3 is 0 Å². The maximum absolute atomic E-state index is 6.00. The van der Waals surface area contributed by atoms with Gasteiger partial charge < -0.3 is 10.5 Å². The molecular formula is C16H22N2OS. The molecule has 0 saturated carbocycles. The molecule has 0 aromatic heterocycles. The van der Waals surface area contributed by atoms with Crippen molar-refractivity contribution in [2.24, 2.45) is 11.7 Å². The molecule has 0 radical (unpaired) electrons. The lowest BCUT2D eigenvalue weighted by atomic mass is 9.94. The number of nitrogens with two attached hydrogens (primary N) is 1. The Kier molecular flexibility index (Phi) is 4.34. The molecule has 108 valence electrons. The van der Waals surface area contributed by atoms with Crippen LogP contribution in [-0.4, -0.2) is 36.1 Å². The van der Waals surface area contributed by atoms with Gasteiger partial charge in [0.05, 0.1) is 17.7 Å². The lowest BCUT2D eigenvalue weighted by Gasteiger charge is -2.36. The monoisotopic (exact) mass is 290 g/mol. The highest BCUT2D eigenvalue weighted by Gasteiger charge is 2.27. The number of fused-ring (bicyclic) bond motifs is 1. The van der Waals surface area contributed by atoms with Crippen LogP contribution in [0.15, 0.2) is 24.3 Å². The standard InChI is InChI=1S/C16H22N2OS/c17-16(20)13-5-3-8-18(10-13)11-15-14-6-2-1-4-12(14)7-9-19-15/h1-2,4,6,13,15H,3,5,7-11H2,(H2,17,20). The molecule has 0 amide bonds. The predicted octanol–water partition coefficient (Wildman–Crippen LogP) is 2.30. The summed E-state index contributed by atoms with van der Waals surface area (Å²) in [6.07, 6.45) is 3.54. The first-order chi connectivity index (χ1) is 9.74. The zero-order valence-corrected chi connectivity index (χ0v) is 12.6. The van der Waals surface area contributed by atoms with Gasteiger partial charge in [0.15, 0.2) is 0 Å². The fraction of sp³-hybridized carbons (Fsp3) is 0.562. The second-order valence-corrected chi connectivity index (χ2v) is 6.28. The van der Waals surface area contributed by atoms with E-state index in [-0.39, 0.29) is 6.10 Å². The third-order valence-corrected chi connectivity index (χ3v) is 4.76. The molecule has 1 fully saturated rings. The molecule has 2 atom stereocenters. The van der Waals surface area contributed by atoms with E-state index in [4.69, 9.17) is 22.7 Å². The molecule has 0 spiro atoms. The summed E-state index contributed by atoms with van der Waals surface area (Å²) in [5, 5.41) is 0. The van der Waals surface area contributed by atoms with E-state index in [1.54, 1.807) is 0 Å². The van der Waals surface area contributed by atoms with Crippen molar-refractivity contribution in [1.29, 1.82) is 0 Å². The van der Waals surface area contributed by atoms with Crippen molar-refractivity contribution in [1.82, 2.24) is 4.90 Å². The molecule has 20 heavy (non-hydrogen) atoms. The number of nitrogens with zero attached hydrogens (tertiary/aromatic N) is 1. The first kappa shape index (κ1) is 14.0. The molecule has 1 saturated heterocycles. The lowest BCUT2D eigenvalue weighted by Crippen LogP contribution is -2.43. The highest BCUT2D eigenvalue weighted by atomic mass is 32.1. The van der Waals surface area contributed by atoms with E-state index in [0.29, 0.717) is 10.9 Å². The highest BCUT2D eigenvalue weighted by molar-refractivity contribution is 7.80. The van der Waals surface area contributed by atoms with E-state index >= 15 is 0 Å². The highest BCUT2D eigenvalue weighted by Crippen LogP contribution is 2.29. The Balaban J connectivity index is 1.68. The second kappa shape index (κ2) is 6.20. The van der Waals surface area contributed by atoms with Gasteiger partial charge in [0.25, 0.3) is 0 Å². The third-order valence-electron chi connectivity index (χ3n) is 4.42. The predicted molar refractivity (Wildman–Crippen MR) is 84.8 cm³/mol. The molecule has 2 aliphatic rings. The van der Waals surface area contributed by atoms with Gasteiger partial charge in [-0.2, -0.15) is 0 Å². The van der Waals surface area contributed by atoms with Gasteiger partial charge in [0.1, 0.15) is 0 Å². The molecule has 2 heterocycles. The van der Waals surface area contributed by atoms with E-state index < -0.39 is 0 Å². The van der Waals surface area contributed by atoms with E-state index in [0.717, 1.165) is 39.1 Å². The number of piperidine rings is 1. The Labute approximate surface area is 126 Å². The average Bonchev–Trinajstić information content (AvgIpc) is 2.48. The Morgan fingerprint density at radius 2 is 2.25 bits per heavy atom. The van der Waals surface area contributed by atoms with Crippen LogP contribution in [0.5, 0.6) is 0 Å². The van der Waals surface area contributed by atoms with Crippen molar-refractivity contribution < 1.29 is 4.74 Å². The molecule has 1 aromatic rings. The smallest absolute Gasteiger partial charge is 0.0954 e. The van der Waals surface area contributed by atoms with Gasteiger partial charge in [0.2, 0.25) is 0 Å². The Morgan fingerprint density at radius 3 is 3.10 bits per heavy atom. The molecule has 3 nitrogen and oxygen atoms in total. The maximum Gasteiger partial charge on any atom is 0.0954 e. The van der Waals surface area contributed by atoms with Gasteiger partial charge in [0, 0.05) is 19.0 Å². The van der Waals surface area contributed by atoms with Crippen LogP contribution in [0.1, 0.15) is 30.1 Å². The van der Waals surface area contributed by atoms with Crippen molar-refractivity contribution in [3.8, 4) is 0 Å². The number of benzene rings is 1. The summed E-state index contributed by atoms with van der Waals surface area (Å²) >= 11 is 5.16. The fourth-order valence-electron chi connectivity index (χ4n) is 3.32. The fourth-order valence-corrected chi connectivity index (χ4v) is 3.51. The molecule has 1 aromatic carbocycles. The molecule has 2 N–H and O–H groups in total. The molecule has 3 rings (SSSR count). The summed E-state index contributed by atoms with van der Waals surface area (Å²) in [7, 11) is 0. The number of thiocarbonyl (C=S) groups is 1. The number of ether oxygens (including phenoxy) is 1. The van der Waals surface area contributed by atoms with Crippen LogP contribution in [0.4, 0.5) is 0 Å². The number of likely N-dealkylation sites (tertiary alicyclic amines) is 1. The van der Waals surface area contributed by atoms with Crippen LogP contribution < -0.4 is 5.73 Å². The van der Waals surface area contributed by atoms with Gasteiger partial charge in [-0.05, 0) is 36.9 Å². The van der Waals surface area contributed by atoms with Gasteiger partial charge in [-0.25, -0.2) is 0 Å². The minimum atomic E-state index is 0.199. The number of hydrogen-bond acceptors (Lipinski definition) is 3. The van der Waals surface area contributed by atoms with Crippen molar-refractivity contribution >= 4 is 17.2 Å². The van der Waals surface area contributed by atoms with Crippen molar-refractivity contribution in [3.63, 3.8) is 0 Å². The first-order valence-electron chi connectivity index (χ1n) is 7.45. The summed E-state index contributed by atoms with van der Waals surface area (Å²) in [6, 6.07) is 8.65. The normalized spacial score (nSPS) is 27.0. The summed E-state index contributed by atoms with van der Waals surface area (Å²) in [6.45, 7) is 3.89. The van der Waals surface area contributed by atoms with E-state index in [1.807, 2.05) is 0 Å². The SMILES string of the molecule is NC(=S)C1CCCN(CC2OCCc3ccccc32)C1. The zero-order valence-electron chi connectivity index (χ0n) is 11.8. The summed E-state index contributed by atoms with van der Waals surface area (Å²) in [4.78, 5) is 3.12. The summed E-state index contributed by atoms with van der Waals surface area (Å²) in [5.74, 6) is 0.373. The summed E-state index contributed by atoms with van der Waals surface area (Å²) in [5.41, 5.74) is 8.61. The molecule has 0 aliphatic carbocycles. The zero-order chi connectivity index (χ0) is 13.9. The van der Waals surface area contributed by atoms with Crippen molar-refractivity contribution in [2.75, 3.05) is 26.2 Å². The van der Waals surface area contributed by atoms with Gasteiger partial charge in [-0.15, -0.1) is 0 Å². The van der Waals surface area contributed by atoms with Gasteiger partial charge in [-0.1, -0.05) is 36.5 Å². The Hall–Kier alpha value is -0.970. The minimum absolute atomic E-state index is 0.199.